The maximum absolute atomic E-state index is 11.5. The predicted octanol–water partition coefficient (Wildman–Crippen LogP) is -0.169. The van der Waals surface area contributed by atoms with Crippen molar-refractivity contribution in [2.75, 3.05) is 23.4 Å². The molecule has 0 saturated carbocycles. The molecule has 0 atom stereocenters. The van der Waals surface area contributed by atoms with Gasteiger partial charge in [-0.3, -0.25) is 14.9 Å². The number of carbonyl (C=O) groups is 2. The number of hydrogen-bond acceptors (Lipinski definition) is 7. The lowest BCUT2D eigenvalue weighted by molar-refractivity contribution is -0.130. The summed E-state index contributed by atoms with van der Waals surface area (Å²) in [5, 5.41) is 2.27. The molecule has 0 bridgehead atoms. The summed E-state index contributed by atoms with van der Waals surface area (Å²) in [6, 6.07) is 0. The Kier molecular flexibility index (Phi) is 3.82. The third-order valence-electron chi connectivity index (χ3n) is 3.17. The number of carbonyl (C=O) groups excluding carboxylic acids is 2. The molecule has 21 heavy (non-hydrogen) atoms. The first kappa shape index (κ1) is 15.2. The highest BCUT2D eigenvalue weighted by Crippen LogP contribution is 2.28. The molecule has 0 radical (unpaired) electrons. The van der Waals surface area contributed by atoms with Crippen LogP contribution in [0.5, 0.6) is 0 Å². The Balaban J connectivity index is 2.51. The van der Waals surface area contributed by atoms with Crippen molar-refractivity contribution in [1.82, 2.24) is 15.3 Å². The van der Waals surface area contributed by atoms with E-state index in [0.717, 1.165) is 0 Å². The summed E-state index contributed by atoms with van der Waals surface area (Å²) < 4.78 is 0. The summed E-state index contributed by atoms with van der Waals surface area (Å²) in [6.45, 7) is 7.91. The fraction of sp³-hybridized carbons (Fsp3) is 0.538. The van der Waals surface area contributed by atoms with Gasteiger partial charge in [0, 0.05) is 11.0 Å². The zero-order valence-electron chi connectivity index (χ0n) is 12.6. The van der Waals surface area contributed by atoms with Crippen molar-refractivity contribution in [2.45, 2.75) is 33.1 Å². The molecule has 1 aliphatic rings. The number of nitrogens with two attached hydrogens (primary N) is 1. The lowest BCUT2D eigenvalue weighted by Gasteiger charge is -2.29. The van der Waals surface area contributed by atoms with Crippen LogP contribution in [-0.4, -0.2) is 34.9 Å². The van der Waals surface area contributed by atoms with E-state index in [9.17, 15) is 9.59 Å². The molecule has 2 amide bonds. The van der Waals surface area contributed by atoms with E-state index >= 15 is 0 Å². The van der Waals surface area contributed by atoms with E-state index < -0.39 is 0 Å². The van der Waals surface area contributed by atoms with E-state index in [1.807, 2.05) is 20.8 Å². The molecule has 1 saturated heterocycles. The topological polar surface area (TPSA) is 113 Å². The number of aromatic nitrogens is 2. The van der Waals surface area contributed by atoms with Gasteiger partial charge in [0.05, 0.1) is 13.1 Å². The molecule has 1 aromatic heterocycles. The summed E-state index contributed by atoms with van der Waals surface area (Å²) in [5.41, 5.74) is 2.97. The molecule has 8 nitrogen and oxygen atoms in total. The number of nitrogens with one attached hydrogen (secondary N) is 2. The third-order valence-corrected chi connectivity index (χ3v) is 3.17. The van der Waals surface area contributed by atoms with Crippen LogP contribution in [0.15, 0.2) is 0 Å². The number of rotatable bonds is 2. The van der Waals surface area contributed by atoms with E-state index in [0.29, 0.717) is 23.0 Å². The number of piperazine rings is 1. The van der Waals surface area contributed by atoms with Crippen molar-refractivity contribution in [3.05, 3.63) is 11.4 Å². The number of nitrogens with zero attached hydrogens (tertiary/aromatic N) is 3. The van der Waals surface area contributed by atoms with Crippen LogP contribution in [0.1, 0.15) is 32.2 Å². The zero-order valence-corrected chi connectivity index (χ0v) is 12.6. The fourth-order valence-corrected chi connectivity index (χ4v) is 2.08. The number of nitrogen functional groups attached to an aromatic ring is 1. The molecule has 0 unspecified atom stereocenters. The van der Waals surface area contributed by atoms with E-state index in [-0.39, 0.29) is 30.3 Å². The maximum Gasteiger partial charge on any atom is 0.246 e. The standard InChI is InChI=1S/C13H20N6O2/c1-7-10(18-14)16-12(13(2,3)4)17-11(7)19-5-8(20)15-9(21)6-19/h5-6,14H2,1-4H3,(H,15,20,21)(H,16,17,18). The lowest BCUT2D eigenvalue weighted by atomic mass is 9.95. The number of anilines is 2. The average molecular weight is 292 g/mol. The molecule has 1 aromatic rings. The second kappa shape index (κ2) is 5.28. The fourth-order valence-electron chi connectivity index (χ4n) is 2.08. The van der Waals surface area contributed by atoms with Crippen molar-refractivity contribution in [3.63, 3.8) is 0 Å². The molecule has 0 spiro atoms. The van der Waals surface area contributed by atoms with E-state index in [1.54, 1.807) is 11.8 Å². The summed E-state index contributed by atoms with van der Waals surface area (Å²) >= 11 is 0. The van der Waals surface area contributed by atoms with Crippen LogP contribution < -0.4 is 21.5 Å². The van der Waals surface area contributed by atoms with E-state index in [2.05, 4.69) is 20.7 Å². The first-order valence-electron chi connectivity index (χ1n) is 6.65. The third kappa shape index (κ3) is 3.10. The number of hydrogen-bond donors (Lipinski definition) is 3. The summed E-state index contributed by atoms with van der Waals surface area (Å²) in [6.07, 6.45) is 0. The second-order valence-corrected chi connectivity index (χ2v) is 6.07. The van der Waals surface area contributed by atoms with Crippen molar-refractivity contribution >= 4 is 23.5 Å². The monoisotopic (exact) mass is 292 g/mol. The number of amides is 2. The lowest BCUT2D eigenvalue weighted by Crippen LogP contribution is -2.52. The smallest absolute Gasteiger partial charge is 0.246 e. The molecular weight excluding hydrogens is 272 g/mol. The van der Waals surface area contributed by atoms with Gasteiger partial charge in [-0.25, -0.2) is 15.8 Å². The van der Waals surface area contributed by atoms with E-state index in [4.69, 9.17) is 5.84 Å². The quantitative estimate of drug-likeness (QED) is 0.394. The molecule has 1 aliphatic heterocycles. The van der Waals surface area contributed by atoms with Crippen molar-refractivity contribution in [2.24, 2.45) is 5.84 Å². The van der Waals surface area contributed by atoms with Gasteiger partial charge in [-0.2, -0.15) is 0 Å². The first-order chi connectivity index (χ1) is 9.72. The highest BCUT2D eigenvalue weighted by Gasteiger charge is 2.28. The van der Waals surface area contributed by atoms with Gasteiger partial charge in [-0.15, -0.1) is 0 Å². The Hall–Kier alpha value is -2.22. The van der Waals surface area contributed by atoms with Gasteiger partial charge < -0.3 is 10.3 Å². The minimum atomic E-state index is -0.344. The molecule has 0 aromatic carbocycles. The predicted molar refractivity (Wildman–Crippen MR) is 78.6 cm³/mol. The Bertz CT molecular complexity index is 577. The number of imide groups is 1. The van der Waals surface area contributed by atoms with Crippen molar-refractivity contribution in [3.8, 4) is 0 Å². The van der Waals surface area contributed by atoms with Gasteiger partial charge in [0.2, 0.25) is 11.8 Å². The number of hydrazine groups is 1. The molecule has 8 heteroatoms. The van der Waals surface area contributed by atoms with Gasteiger partial charge in [0.1, 0.15) is 17.5 Å². The molecule has 4 N–H and O–H groups in total. The van der Waals surface area contributed by atoms with E-state index in [1.165, 1.54) is 0 Å². The summed E-state index contributed by atoms with van der Waals surface area (Å²) in [7, 11) is 0. The van der Waals surface area contributed by atoms with Gasteiger partial charge in [-0.05, 0) is 6.92 Å². The Labute approximate surface area is 123 Å². The Morgan fingerprint density at radius 1 is 1.19 bits per heavy atom. The van der Waals surface area contributed by atoms with Crippen LogP contribution in [-0.2, 0) is 15.0 Å². The van der Waals surface area contributed by atoms with Crippen molar-refractivity contribution in [1.29, 1.82) is 0 Å². The molecule has 1 fully saturated rings. The van der Waals surface area contributed by atoms with Gasteiger partial charge in [0.15, 0.2) is 0 Å². The first-order valence-corrected chi connectivity index (χ1v) is 6.65. The van der Waals surface area contributed by atoms with Crippen LogP contribution in [0, 0.1) is 6.92 Å². The highest BCUT2D eigenvalue weighted by atomic mass is 16.2. The molecule has 2 rings (SSSR count). The molecular formula is C13H20N6O2. The minimum absolute atomic E-state index is 0.0805. The molecule has 0 aliphatic carbocycles. The van der Waals surface area contributed by atoms with Gasteiger partial charge in [0.25, 0.3) is 0 Å². The minimum Gasteiger partial charge on any atom is -0.338 e. The van der Waals surface area contributed by atoms with Crippen LogP contribution in [0.25, 0.3) is 0 Å². The SMILES string of the molecule is Cc1c(NN)nc(C(C)(C)C)nc1N1CC(=O)NC(=O)C1. The van der Waals surface area contributed by atoms with Crippen LogP contribution in [0.2, 0.25) is 0 Å². The van der Waals surface area contributed by atoms with Crippen LogP contribution in [0.4, 0.5) is 11.6 Å². The Morgan fingerprint density at radius 2 is 1.76 bits per heavy atom. The average Bonchev–Trinajstić information content (AvgIpc) is 2.36. The van der Waals surface area contributed by atoms with Crippen molar-refractivity contribution < 1.29 is 9.59 Å². The zero-order chi connectivity index (χ0) is 15.8. The highest BCUT2D eigenvalue weighted by molar-refractivity contribution is 6.02. The second-order valence-electron chi connectivity index (χ2n) is 6.07. The normalized spacial score (nSPS) is 16.0. The largest absolute Gasteiger partial charge is 0.338 e. The van der Waals surface area contributed by atoms with Crippen LogP contribution >= 0.6 is 0 Å². The summed E-state index contributed by atoms with van der Waals surface area (Å²) in [5.74, 6) is 6.45. The Morgan fingerprint density at radius 3 is 2.24 bits per heavy atom. The molecule has 114 valence electrons. The summed E-state index contributed by atoms with van der Waals surface area (Å²) in [4.78, 5) is 33.7. The van der Waals surface area contributed by atoms with Gasteiger partial charge in [-0.1, -0.05) is 20.8 Å². The van der Waals surface area contributed by atoms with Crippen LogP contribution in [0.3, 0.4) is 0 Å². The molecule has 2 heterocycles. The maximum atomic E-state index is 11.5. The van der Waals surface area contributed by atoms with Gasteiger partial charge >= 0.3 is 0 Å².